The Kier molecular flexibility index (Phi) is 9.19. The summed E-state index contributed by atoms with van der Waals surface area (Å²) in [5, 5.41) is 3.12. The van der Waals surface area contributed by atoms with Crippen molar-refractivity contribution >= 4 is 27.5 Å². The Hall–Kier alpha value is -3.27. The monoisotopic (exact) mass is 532 g/mol. The molecular weight excluding hydrogens is 504 g/mol. The maximum absolute atomic E-state index is 13.4. The summed E-state index contributed by atoms with van der Waals surface area (Å²) in [5.74, 6) is 0.700. The van der Waals surface area contributed by atoms with Crippen molar-refractivity contribution in [3.8, 4) is 17.2 Å². The molecule has 3 rings (SSSR count). The van der Waals surface area contributed by atoms with E-state index < -0.39 is 28.0 Å². The second-order valence-electron chi connectivity index (χ2n) is 8.00. The van der Waals surface area contributed by atoms with Crippen LogP contribution in [0.15, 0.2) is 71.6 Å². The van der Waals surface area contributed by atoms with E-state index in [0.717, 1.165) is 11.1 Å². The molecule has 10 heteroatoms. The second kappa shape index (κ2) is 12.1. The fraction of sp³-hybridized carbons (Fsp3) is 0.269. The predicted molar refractivity (Wildman–Crippen MR) is 138 cm³/mol. The largest absolute Gasteiger partial charge is 0.495 e. The maximum atomic E-state index is 13.4. The number of rotatable bonds is 11. The van der Waals surface area contributed by atoms with Crippen LogP contribution in [0.1, 0.15) is 24.1 Å². The van der Waals surface area contributed by atoms with Crippen LogP contribution in [0.25, 0.3) is 0 Å². The van der Waals surface area contributed by atoms with Gasteiger partial charge < -0.3 is 19.5 Å². The molecule has 0 fully saturated rings. The molecule has 0 radical (unpaired) electrons. The van der Waals surface area contributed by atoms with Crippen molar-refractivity contribution in [1.29, 1.82) is 0 Å². The number of carbonyl (C=O) groups is 1. The molecule has 2 atom stereocenters. The number of hydrogen-bond donors (Lipinski definition) is 2. The van der Waals surface area contributed by atoms with Crippen molar-refractivity contribution in [3.63, 3.8) is 0 Å². The molecule has 0 unspecified atom stereocenters. The van der Waals surface area contributed by atoms with E-state index in [4.69, 9.17) is 25.8 Å². The first kappa shape index (κ1) is 27.3. The molecule has 0 bridgehead atoms. The molecule has 0 heterocycles. The number of halogens is 1. The first-order valence-electron chi connectivity index (χ1n) is 11.1. The third-order valence-electron chi connectivity index (χ3n) is 5.58. The summed E-state index contributed by atoms with van der Waals surface area (Å²) in [7, 11) is 0.263. The minimum absolute atomic E-state index is 0.115. The van der Waals surface area contributed by atoms with Crippen molar-refractivity contribution in [3.05, 3.63) is 82.9 Å². The smallest absolute Gasteiger partial charge is 0.245 e. The van der Waals surface area contributed by atoms with Crippen LogP contribution in [0, 0.1) is 0 Å². The summed E-state index contributed by atoms with van der Waals surface area (Å²) in [5.41, 5.74) is 1.55. The summed E-state index contributed by atoms with van der Waals surface area (Å²) in [6.07, 6.45) is 0.132. The number of carbonyl (C=O) groups excluding carboxylic acids is 1. The van der Waals surface area contributed by atoms with E-state index in [1.54, 1.807) is 25.1 Å². The summed E-state index contributed by atoms with van der Waals surface area (Å²) >= 11 is 6.05. The third-order valence-corrected chi connectivity index (χ3v) is 7.31. The number of amides is 1. The van der Waals surface area contributed by atoms with Gasteiger partial charge in [0.15, 0.2) is 11.5 Å². The van der Waals surface area contributed by atoms with Crippen molar-refractivity contribution < 1.29 is 27.4 Å². The lowest BCUT2D eigenvalue weighted by atomic mass is 10.0. The third kappa shape index (κ3) is 6.69. The van der Waals surface area contributed by atoms with Crippen LogP contribution in [0.2, 0.25) is 5.02 Å². The molecule has 0 aliphatic rings. The highest BCUT2D eigenvalue weighted by atomic mass is 35.5. The van der Waals surface area contributed by atoms with E-state index in [1.807, 2.05) is 30.3 Å². The van der Waals surface area contributed by atoms with Crippen molar-refractivity contribution in [2.24, 2.45) is 0 Å². The molecule has 0 aromatic heterocycles. The minimum Gasteiger partial charge on any atom is -0.495 e. The van der Waals surface area contributed by atoms with Gasteiger partial charge in [0.05, 0.1) is 27.4 Å². The van der Waals surface area contributed by atoms with Crippen LogP contribution in [0.3, 0.4) is 0 Å². The van der Waals surface area contributed by atoms with Gasteiger partial charge in [0.2, 0.25) is 15.9 Å². The highest BCUT2D eigenvalue weighted by Gasteiger charge is 2.29. The number of ether oxygens (including phenoxy) is 3. The van der Waals surface area contributed by atoms with E-state index in [-0.39, 0.29) is 22.1 Å². The number of nitrogens with one attached hydrogen (secondary N) is 2. The van der Waals surface area contributed by atoms with E-state index >= 15 is 0 Å². The maximum Gasteiger partial charge on any atom is 0.245 e. The fourth-order valence-electron chi connectivity index (χ4n) is 3.67. The molecule has 3 aromatic rings. The Balaban J connectivity index is 1.89. The molecule has 3 aromatic carbocycles. The topological polar surface area (TPSA) is 103 Å². The zero-order valence-electron chi connectivity index (χ0n) is 20.4. The van der Waals surface area contributed by atoms with Crippen LogP contribution in [0.5, 0.6) is 17.2 Å². The average Bonchev–Trinajstić information content (AvgIpc) is 2.88. The first-order chi connectivity index (χ1) is 17.2. The Morgan fingerprint density at radius 2 is 1.53 bits per heavy atom. The number of methoxy groups -OCH3 is 3. The Morgan fingerprint density at radius 1 is 0.889 bits per heavy atom. The second-order valence-corrected chi connectivity index (χ2v) is 10.1. The molecule has 192 valence electrons. The molecule has 0 saturated heterocycles. The highest BCUT2D eigenvalue weighted by Crippen LogP contribution is 2.30. The summed E-state index contributed by atoms with van der Waals surface area (Å²) in [4.78, 5) is 13.2. The van der Waals surface area contributed by atoms with Gasteiger partial charge >= 0.3 is 0 Å². The highest BCUT2D eigenvalue weighted by molar-refractivity contribution is 7.89. The van der Waals surface area contributed by atoms with E-state index in [0.29, 0.717) is 11.5 Å². The first-order valence-corrected chi connectivity index (χ1v) is 13.0. The molecule has 2 N–H and O–H groups in total. The van der Waals surface area contributed by atoms with E-state index in [1.165, 1.54) is 39.5 Å². The van der Waals surface area contributed by atoms with Gasteiger partial charge in [0.1, 0.15) is 16.7 Å². The Labute approximate surface area is 216 Å². The van der Waals surface area contributed by atoms with Gasteiger partial charge in [-0.05, 0) is 54.8 Å². The summed E-state index contributed by atoms with van der Waals surface area (Å²) < 4.78 is 45.0. The van der Waals surface area contributed by atoms with E-state index in [9.17, 15) is 13.2 Å². The average molecular weight is 533 g/mol. The minimum atomic E-state index is -4.17. The quantitative estimate of drug-likeness (QED) is 0.385. The zero-order chi connectivity index (χ0) is 26.3. The van der Waals surface area contributed by atoms with E-state index in [2.05, 4.69) is 10.0 Å². The van der Waals surface area contributed by atoms with Gasteiger partial charge in [-0.1, -0.05) is 48.0 Å². The Morgan fingerprint density at radius 3 is 2.17 bits per heavy atom. The molecule has 8 nitrogen and oxygen atoms in total. The van der Waals surface area contributed by atoms with Gasteiger partial charge in [-0.25, -0.2) is 8.42 Å². The fourth-order valence-corrected chi connectivity index (χ4v) is 5.30. The molecule has 0 saturated carbocycles. The lowest BCUT2D eigenvalue weighted by Crippen LogP contribution is -2.48. The number of benzene rings is 3. The van der Waals surface area contributed by atoms with Crippen LogP contribution >= 0.6 is 11.6 Å². The molecule has 1 amide bonds. The number of hydrogen-bond acceptors (Lipinski definition) is 6. The van der Waals surface area contributed by atoms with Gasteiger partial charge in [-0.3, -0.25) is 4.79 Å². The normalized spacial score (nSPS) is 12.9. The summed E-state index contributed by atoms with van der Waals surface area (Å²) in [6.45, 7) is 1.80. The molecule has 36 heavy (non-hydrogen) atoms. The lowest BCUT2D eigenvalue weighted by molar-refractivity contribution is -0.123. The van der Waals surface area contributed by atoms with Crippen molar-refractivity contribution in [1.82, 2.24) is 10.0 Å². The predicted octanol–water partition coefficient (Wildman–Crippen LogP) is 4.13. The summed E-state index contributed by atoms with van der Waals surface area (Å²) in [6, 6.07) is 17.2. The molecular formula is C26H29ClN2O6S. The zero-order valence-corrected chi connectivity index (χ0v) is 22.0. The molecule has 0 spiro atoms. The van der Waals surface area contributed by atoms with Gasteiger partial charge in [-0.2, -0.15) is 4.72 Å². The van der Waals surface area contributed by atoms with Crippen LogP contribution < -0.4 is 24.2 Å². The standard InChI is InChI=1S/C26H29ClN2O6S/c1-17(19-10-12-22(33-2)24(15-19)35-4)28-26(30)21(14-18-8-6-5-7-9-18)29-36(31,32)25-16-20(27)11-13-23(25)34-3/h5-13,15-17,21,29H,14H2,1-4H3,(H,28,30)/t17-,21-/m0/s1. The van der Waals surface area contributed by atoms with Crippen LogP contribution in [0.4, 0.5) is 0 Å². The van der Waals surface area contributed by atoms with Crippen molar-refractivity contribution in [2.45, 2.75) is 30.3 Å². The van der Waals surface area contributed by atoms with Gasteiger partial charge in [0.25, 0.3) is 0 Å². The van der Waals surface area contributed by atoms with Gasteiger partial charge in [0, 0.05) is 5.02 Å². The lowest BCUT2D eigenvalue weighted by Gasteiger charge is -2.23. The number of sulfonamides is 1. The Bertz CT molecular complexity index is 1300. The van der Waals surface area contributed by atoms with Crippen molar-refractivity contribution in [2.75, 3.05) is 21.3 Å². The van der Waals surface area contributed by atoms with Gasteiger partial charge in [-0.15, -0.1) is 0 Å². The SMILES string of the molecule is COc1ccc([C@H](C)NC(=O)[C@H](Cc2ccccc2)NS(=O)(=O)c2cc(Cl)ccc2OC)cc1OC. The molecule has 0 aliphatic carbocycles. The molecule has 0 aliphatic heterocycles. The van der Waals surface area contributed by atoms with Crippen LogP contribution in [-0.2, 0) is 21.2 Å². The van der Waals surface area contributed by atoms with Crippen LogP contribution in [-0.4, -0.2) is 41.7 Å².